The first-order valence-corrected chi connectivity index (χ1v) is 5.96. The molecule has 0 aliphatic rings. The van der Waals surface area contributed by atoms with Gasteiger partial charge in [-0.15, -0.1) is 11.7 Å². The van der Waals surface area contributed by atoms with Crippen molar-refractivity contribution in [1.29, 1.82) is 0 Å². The van der Waals surface area contributed by atoms with Gasteiger partial charge in [0.05, 0.1) is 13.2 Å². The molecule has 0 saturated carbocycles. The van der Waals surface area contributed by atoms with Crippen molar-refractivity contribution in [2.45, 2.75) is 13.8 Å². The maximum atomic E-state index is 12.3. The summed E-state index contributed by atoms with van der Waals surface area (Å²) in [6.07, 6.45) is 0. The van der Waals surface area contributed by atoms with Crippen LogP contribution in [0.3, 0.4) is 0 Å². The fourth-order valence-corrected chi connectivity index (χ4v) is 1.27. The van der Waals surface area contributed by atoms with Gasteiger partial charge in [0, 0.05) is 27.3 Å². The lowest BCUT2D eigenvalue weighted by Crippen LogP contribution is -2.28. The summed E-state index contributed by atoms with van der Waals surface area (Å²) < 4.78 is 46.4. The van der Waals surface area contributed by atoms with Crippen LogP contribution in [0, 0.1) is 0 Å². The van der Waals surface area contributed by atoms with E-state index in [9.17, 15) is 11.7 Å². The Balaban J connectivity index is 0. The van der Waals surface area contributed by atoms with E-state index in [1.165, 1.54) is 14.2 Å². The van der Waals surface area contributed by atoms with Gasteiger partial charge in [-0.3, -0.25) is 0 Å². The molecule has 0 unspecified atom stereocenters. The molecule has 0 amide bonds. The van der Waals surface area contributed by atoms with Gasteiger partial charge in [0.15, 0.2) is 0 Å². The van der Waals surface area contributed by atoms with E-state index in [0.717, 1.165) is 0 Å². The van der Waals surface area contributed by atoms with E-state index in [1.54, 1.807) is 0 Å². The Kier molecular flexibility index (Phi) is 12.2. The second-order valence-electron chi connectivity index (χ2n) is 2.30. The van der Waals surface area contributed by atoms with E-state index in [4.69, 9.17) is 0 Å². The predicted molar refractivity (Wildman–Crippen MR) is 57.6 cm³/mol. The molecule has 0 radical (unpaired) electrons. The molecule has 0 aromatic rings. The van der Waals surface area contributed by atoms with Crippen LogP contribution in [-0.2, 0) is 9.47 Å². The molecule has 0 aliphatic carbocycles. The highest BCUT2D eigenvalue weighted by molar-refractivity contribution is 8.18. The zero-order chi connectivity index (χ0) is 12.3. The van der Waals surface area contributed by atoms with E-state index in [1.807, 2.05) is 13.8 Å². The van der Waals surface area contributed by atoms with Gasteiger partial charge in [0.25, 0.3) is 11.4 Å². The third-order valence-corrected chi connectivity index (χ3v) is 2.33. The second kappa shape index (κ2) is 10.5. The van der Waals surface area contributed by atoms with Gasteiger partial charge in [-0.1, -0.05) is 13.8 Å². The summed E-state index contributed by atoms with van der Waals surface area (Å²) in [5, 5.41) is 0. The summed E-state index contributed by atoms with van der Waals surface area (Å²) in [5.74, 6) is 0. The molecule has 0 aromatic heterocycles. The normalized spacial score (nSPS) is 12.3. The zero-order valence-corrected chi connectivity index (χ0v) is 10.5. The minimum atomic E-state index is -5.14. The fraction of sp³-hybridized carbons (Fsp3) is 1.00. The van der Waals surface area contributed by atoms with E-state index >= 15 is 0 Å². The number of rotatable bonds is 7. The third kappa shape index (κ3) is 10.3. The molecule has 0 bridgehead atoms. The molecular weight excluding hydrogens is 231 g/mol. The Labute approximate surface area is 91.9 Å². The third-order valence-electron chi connectivity index (χ3n) is 1.38. The van der Waals surface area contributed by atoms with Crippen molar-refractivity contribution in [3.8, 4) is 0 Å². The molecule has 0 spiro atoms. The highest BCUT2D eigenvalue weighted by Crippen LogP contribution is 2.56. The van der Waals surface area contributed by atoms with Gasteiger partial charge in [0.2, 0.25) is 0 Å². The number of hydrogen-bond acceptors (Lipinski definition) is 3. The van der Waals surface area contributed by atoms with Crippen LogP contribution in [0.1, 0.15) is 13.8 Å². The molecule has 0 saturated heterocycles. The molecular formula is C8H20F3NO2S. The Hall–Kier alpha value is 0.0200. The van der Waals surface area contributed by atoms with Gasteiger partial charge in [-0.05, 0) is 0 Å². The van der Waals surface area contributed by atoms with Crippen LogP contribution < -0.4 is 0 Å². The first kappa shape index (κ1) is 17.4. The minimum absolute atomic E-state index is 0.0796. The quantitative estimate of drug-likeness (QED) is 0.694. The van der Waals surface area contributed by atoms with Crippen molar-refractivity contribution in [3.05, 3.63) is 0 Å². The molecule has 96 valence electrons. The highest BCUT2D eigenvalue weighted by Gasteiger charge is 2.30. The smallest absolute Gasteiger partial charge is 0.278 e. The lowest BCUT2D eigenvalue weighted by Gasteiger charge is -2.26. The largest absolute Gasteiger partial charge is 0.383 e. The van der Waals surface area contributed by atoms with Crippen molar-refractivity contribution in [2.24, 2.45) is 0 Å². The molecule has 0 fully saturated rings. The van der Waals surface area contributed by atoms with Crippen LogP contribution in [0.4, 0.5) is 11.7 Å². The van der Waals surface area contributed by atoms with E-state index in [-0.39, 0.29) is 26.3 Å². The summed E-state index contributed by atoms with van der Waals surface area (Å²) in [6, 6.07) is 0. The molecule has 0 N–H and O–H groups in total. The molecule has 7 heteroatoms. The number of hydrogen-bond donors (Lipinski definition) is 0. The molecule has 0 heterocycles. The van der Waals surface area contributed by atoms with Crippen molar-refractivity contribution < 1.29 is 21.1 Å². The second-order valence-corrected chi connectivity index (χ2v) is 3.58. The van der Waals surface area contributed by atoms with Crippen molar-refractivity contribution in [1.82, 2.24) is 4.31 Å². The SMILES string of the molecule is CC.COCCN(CCOC)S(F)(F)F. The standard InChI is InChI=1S/C6H14F3NO2S.C2H6/c1-11-5-3-10(4-6-12-2)13(7,8)9;1-2/h3-6H2,1-2H3;1-2H3. The van der Waals surface area contributed by atoms with Crippen LogP contribution >= 0.6 is 11.4 Å². The molecule has 0 aromatic carbocycles. The fourth-order valence-electron chi connectivity index (χ4n) is 0.705. The monoisotopic (exact) mass is 251 g/mol. The molecule has 15 heavy (non-hydrogen) atoms. The van der Waals surface area contributed by atoms with E-state index in [2.05, 4.69) is 9.47 Å². The minimum Gasteiger partial charge on any atom is -0.383 e. The Morgan fingerprint density at radius 2 is 1.27 bits per heavy atom. The topological polar surface area (TPSA) is 21.7 Å². The van der Waals surface area contributed by atoms with Gasteiger partial charge < -0.3 is 9.47 Å². The van der Waals surface area contributed by atoms with Crippen LogP contribution in [-0.4, -0.2) is 44.8 Å². The lowest BCUT2D eigenvalue weighted by atomic mass is 10.6. The average molecular weight is 251 g/mol. The molecule has 0 aliphatic heterocycles. The Morgan fingerprint density at radius 1 is 0.933 bits per heavy atom. The summed E-state index contributed by atoms with van der Waals surface area (Å²) >= 11 is -5.14. The van der Waals surface area contributed by atoms with Crippen molar-refractivity contribution in [3.63, 3.8) is 0 Å². The summed E-state index contributed by atoms with van der Waals surface area (Å²) in [7, 11) is 2.75. The molecule has 3 nitrogen and oxygen atoms in total. The number of ether oxygens (including phenoxy) is 2. The first-order chi connectivity index (χ1) is 7.02. The molecule has 0 atom stereocenters. The van der Waals surface area contributed by atoms with Crippen LogP contribution in [0.2, 0.25) is 0 Å². The van der Waals surface area contributed by atoms with Crippen molar-refractivity contribution >= 4 is 11.4 Å². The number of halogens is 3. The summed E-state index contributed by atoms with van der Waals surface area (Å²) in [5.41, 5.74) is 0. The highest BCUT2D eigenvalue weighted by atomic mass is 32.3. The van der Waals surface area contributed by atoms with Gasteiger partial charge >= 0.3 is 0 Å². The maximum absolute atomic E-state index is 12.3. The average Bonchev–Trinajstić information content (AvgIpc) is 2.19. The van der Waals surface area contributed by atoms with E-state index < -0.39 is 11.4 Å². The van der Waals surface area contributed by atoms with Gasteiger partial charge in [-0.2, -0.15) is 4.31 Å². The Morgan fingerprint density at radius 3 is 1.47 bits per heavy atom. The summed E-state index contributed by atoms with van der Waals surface area (Å²) in [4.78, 5) is 0. The number of nitrogens with zero attached hydrogens (tertiary/aromatic N) is 1. The van der Waals surface area contributed by atoms with Gasteiger partial charge in [-0.25, -0.2) is 0 Å². The molecule has 0 rings (SSSR count). The van der Waals surface area contributed by atoms with E-state index in [0.29, 0.717) is 4.31 Å². The number of methoxy groups -OCH3 is 2. The maximum Gasteiger partial charge on any atom is 0.278 e. The summed E-state index contributed by atoms with van der Waals surface area (Å²) in [6.45, 7) is 3.91. The van der Waals surface area contributed by atoms with Crippen LogP contribution in [0.5, 0.6) is 0 Å². The lowest BCUT2D eigenvalue weighted by molar-refractivity contribution is 0.147. The zero-order valence-electron chi connectivity index (χ0n) is 9.63. The van der Waals surface area contributed by atoms with Crippen molar-refractivity contribution in [2.75, 3.05) is 40.5 Å². The van der Waals surface area contributed by atoms with Gasteiger partial charge in [0.1, 0.15) is 0 Å². The van der Waals surface area contributed by atoms with Crippen LogP contribution in [0.15, 0.2) is 0 Å². The Bertz CT molecular complexity index is 128. The first-order valence-electron chi connectivity index (χ1n) is 4.67. The predicted octanol–water partition coefficient (Wildman–Crippen LogP) is 2.98. The van der Waals surface area contributed by atoms with Crippen LogP contribution in [0.25, 0.3) is 0 Å².